The summed E-state index contributed by atoms with van der Waals surface area (Å²) in [6, 6.07) is 2.71. The maximum atomic E-state index is 13.6. The summed E-state index contributed by atoms with van der Waals surface area (Å²) in [7, 11) is 0. The van der Waals surface area contributed by atoms with Gasteiger partial charge in [0.15, 0.2) is 5.65 Å². The number of hydrogen-bond acceptors (Lipinski definition) is 5. The highest BCUT2D eigenvalue weighted by molar-refractivity contribution is 5.86. The zero-order valence-corrected chi connectivity index (χ0v) is 14.8. The average Bonchev–Trinajstić information content (AvgIpc) is 3.11. The van der Waals surface area contributed by atoms with E-state index in [0.29, 0.717) is 22.9 Å². The Bertz CT molecular complexity index is 978. The molecular formula is C18H18F4N6. The first-order valence-electron chi connectivity index (χ1n) is 8.91. The Morgan fingerprint density at radius 1 is 1.14 bits per heavy atom. The van der Waals surface area contributed by atoms with Crippen molar-refractivity contribution in [1.82, 2.24) is 25.1 Å². The van der Waals surface area contributed by atoms with Crippen molar-refractivity contribution in [1.29, 1.82) is 0 Å². The Labute approximate surface area is 158 Å². The van der Waals surface area contributed by atoms with Gasteiger partial charge in [0.1, 0.15) is 18.0 Å². The average molecular weight is 394 g/mol. The van der Waals surface area contributed by atoms with E-state index in [9.17, 15) is 17.6 Å². The highest BCUT2D eigenvalue weighted by Crippen LogP contribution is 2.31. The van der Waals surface area contributed by atoms with E-state index in [4.69, 9.17) is 0 Å². The van der Waals surface area contributed by atoms with Crippen molar-refractivity contribution >= 4 is 16.9 Å². The van der Waals surface area contributed by atoms with E-state index in [-0.39, 0.29) is 18.2 Å². The van der Waals surface area contributed by atoms with Crippen LogP contribution in [0.15, 0.2) is 30.7 Å². The molecule has 1 fully saturated rings. The van der Waals surface area contributed by atoms with E-state index >= 15 is 0 Å². The van der Waals surface area contributed by atoms with Gasteiger partial charge in [0, 0.05) is 6.54 Å². The fourth-order valence-electron chi connectivity index (χ4n) is 3.42. The van der Waals surface area contributed by atoms with Crippen molar-refractivity contribution < 1.29 is 17.6 Å². The van der Waals surface area contributed by atoms with Crippen LogP contribution in [-0.4, -0.2) is 32.8 Å². The second-order valence-electron chi connectivity index (χ2n) is 6.73. The molecule has 0 saturated carbocycles. The van der Waals surface area contributed by atoms with Crippen LogP contribution in [0.4, 0.5) is 23.4 Å². The molecule has 1 aliphatic rings. The molecule has 0 bridgehead atoms. The van der Waals surface area contributed by atoms with Gasteiger partial charge >= 0.3 is 6.18 Å². The molecule has 3 heterocycles. The molecular weight excluding hydrogens is 376 g/mol. The molecule has 2 N–H and O–H groups in total. The topological polar surface area (TPSA) is 67.7 Å². The van der Waals surface area contributed by atoms with Gasteiger partial charge in [-0.25, -0.2) is 19.0 Å². The summed E-state index contributed by atoms with van der Waals surface area (Å²) in [5.41, 5.74) is -0.180. The number of benzene rings is 1. The Balaban J connectivity index is 1.57. The number of nitrogens with zero attached hydrogens (tertiary/aromatic N) is 4. The Morgan fingerprint density at radius 3 is 2.68 bits per heavy atom. The smallest absolute Gasteiger partial charge is 0.365 e. The van der Waals surface area contributed by atoms with E-state index in [1.807, 2.05) is 4.68 Å². The summed E-state index contributed by atoms with van der Waals surface area (Å²) in [4.78, 5) is 8.48. The van der Waals surface area contributed by atoms with Crippen LogP contribution < -0.4 is 10.6 Å². The molecule has 3 aromatic rings. The number of halogens is 4. The van der Waals surface area contributed by atoms with Crippen LogP contribution in [0.1, 0.15) is 30.0 Å². The minimum atomic E-state index is -4.60. The number of hydrogen-bond donors (Lipinski definition) is 2. The van der Waals surface area contributed by atoms with E-state index in [1.165, 1.54) is 6.33 Å². The van der Waals surface area contributed by atoms with Gasteiger partial charge in [-0.3, -0.25) is 0 Å². The first-order valence-corrected chi connectivity index (χ1v) is 8.91. The molecule has 1 aromatic carbocycles. The van der Waals surface area contributed by atoms with Crippen LogP contribution in [0.3, 0.4) is 0 Å². The minimum absolute atomic E-state index is 0.00845. The molecule has 0 amide bonds. The number of fused-ring (bicyclic) bond motifs is 1. The lowest BCUT2D eigenvalue weighted by Gasteiger charge is -2.23. The number of rotatable bonds is 4. The van der Waals surface area contributed by atoms with Crippen LogP contribution in [-0.2, 0) is 12.7 Å². The van der Waals surface area contributed by atoms with Crippen molar-refractivity contribution in [2.24, 2.45) is 0 Å². The summed E-state index contributed by atoms with van der Waals surface area (Å²) >= 11 is 0. The summed E-state index contributed by atoms with van der Waals surface area (Å²) in [6.45, 7) is 1.80. The zero-order chi connectivity index (χ0) is 19.7. The fraction of sp³-hybridized carbons (Fsp3) is 0.389. The Kier molecular flexibility index (Phi) is 4.88. The van der Waals surface area contributed by atoms with Crippen LogP contribution in [0.5, 0.6) is 0 Å². The predicted molar refractivity (Wildman–Crippen MR) is 95.2 cm³/mol. The predicted octanol–water partition coefficient (Wildman–Crippen LogP) is 3.52. The molecule has 4 rings (SSSR count). The number of alkyl halides is 3. The van der Waals surface area contributed by atoms with Crippen molar-refractivity contribution in [3.05, 3.63) is 47.7 Å². The Hall–Kier alpha value is -2.75. The number of piperidine rings is 1. The van der Waals surface area contributed by atoms with Gasteiger partial charge in [0.2, 0.25) is 0 Å². The van der Waals surface area contributed by atoms with Gasteiger partial charge < -0.3 is 10.6 Å². The largest absolute Gasteiger partial charge is 0.416 e. The maximum absolute atomic E-state index is 13.6. The third kappa shape index (κ3) is 3.77. The van der Waals surface area contributed by atoms with Gasteiger partial charge in [0.05, 0.1) is 23.2 Å². The highest BCUT2D eigenvalue weighted by Gasteiger charge is 2.31. The SMILES string of the molecule is Fc1cc(CNc2ncnc3c2cnn3C2CCNCC2)cc(C(F)(F)F)c1. The lowest BCUT2D eigenvalue weighted by Crippen LogP contribution is -2.29. The molecule has 10 heteroatoms. The minimum Gasteiger partial charge on any atom is -0.365 e. The third-order valence-corrected chi connectivity index (χ3v) is 4.79. The first-order chi connectivity index (χ1) is 13.4. The second-order valence-corrected chi connectivity index (χ2v) is 6.73. The normalized spacial score (nSPS) is 15.9. The molecule has 1 saturated heterocycles. The van der Waals surface area contributed by atoms with Gasteiger partial charge in [-0.05, 0) is 49.7 Å². The van der Waals surface area contributed by atoms with Crippen molar-refractivity contribution in [2.75, 3.05) is 18.4 Å². The number of nitrogens with one attached hydrogen (secondary N) is 2. The number of aromatic nitrogens is 4. The van der Waals surface area contributed by atoms with Crippen LogP contribution in [0, 0.1) is 5.82 Å². The van der Waals surface area contributed by atoms with Gasteiger partial charge in [0.25, 0.3) is 0 Å². The first kappa shape index (κ1) is 18.6. The summed E-state index contributed by atoms with van der Waals surface area (Å²) < 4.78 is 54.1. The van der Waals surface area contributed by atoms with E-state index in [1.54, 1.807) is 6.20 Å². The highest BCUT2D eigenvalue weighted by atomic mass is 19.4. The van der Waals surface area contributed by atoms with E-state index in [0.717, 1.165) is 38.1 Å². The number of anilines is 1. The maximum Gasteiger partial charge on any atom is 0.416 e. The lowest BCUT2D eigenvalue weighted by atomic mass is 10.1. The third-order valence-electron chi connectivity index (χ3n) is 4.79. The molecule has 0 atom stereocenters. The summed E-state index contributed by atoms with van der Waals surface area (Å²) in [5.74, 6) is -0.485. The monoisotopic (exact) mass is 394 g/mol. The standard InChI is InChI=1S/C18H18F4N6/c19-13-6-11(5-12(7-13)18(20,21)22)8-24-16-15-9-27-28(17(15)26-10-25-16)14-1-3-23-4-2-14/h5-7,9-10,14,23H,1-4,8H2,(H,24,25,26). The zero-order valence-electron chi connectivity index (χ0n) is 14.8. The van der Waals surface area contributed by atoms with Crippen molar-refractivity contribution in [3.8, 4) is 0 Å². The quantitative estimate of drug-likeness (QED) is 0.663. The van der Waals surface area contributed by atoms with E-state index in [2.05, 4.69) is 25.7 Å². The summed E-state index contributed by atoms with van der Waals surface area (Å²) in [5, 5.41) is 11.4. The van der Waals surface area contributed by atoms with Crippen molar-refractivity contribution in [3.63, 3.8) is 0 Å². The van der Waals surface area contributed by atoms with Gasteiger partial charge in [-0.1, -0.05) is 0 Å². The molecule has 0 spiro atoms. The summed E-state index contributed by atoms with van der Waals surface area (Å²) in [6.07, 6.45) is 0.304. The van der Waals surface area contributed by atoms with Crippen LogP contribution >= 0.6 is 0 Å². The molecule has 6 nitrogen and oxygen atoms in total. The Morgan fingerprint density at radius 2 is 1.93 bits per heavy atom. The van der Waals surface area contributed by atoms with Gasteiger partial charge in [-0.2, -0.15) is 18.3 Å². The van der Waals surface area contributed by atoms with Crippen LogP contribution in [0.25, 0.3) is 11.0 Å². The second kappa shape index (κ2) is 7.34. The van der Waals surface area contributed by atoms with Gasteiger partial charge in [-0.15, -0.1) is 0 Å². The molecule has 0 radical (unpaired) electrons. The molecule has 1 aliphatic heterocycles. The lowest BCUT2D eigenvalue weighted by molar-refractivity contribution is -0.137. The van der Waals surface area contributed by atoms with Crippen LogP contribution in [0.2, 0.25) is 0 Å². The molecule has 148 valence electrons. The fourth-order valence-corrected chi connectivity index (χ4v) is 3.42. The molecule has 0 unspecified atom stereocenters. The van der Waals surface area contributed by atoms with Crippen molar-refractivity contribution in [2.45, 2.75) is 31.6 Å². The molecule has 2 aromatic heterocycles. The van der Waals surface area contributed by atoms with E-state index < -0.39 is 17.6 Å². The molecule has 0 aliphatic carbocycles. The molecule has 28 heavy (non-hydrogen) atoms.